The van der Waals surface area contributed by atoms with Gasteiger partial charge in [0, 0.05) is 17.6 Å². The summed E-state index contributed by atoms with van der Waals surface area (Å²) in [4.78, 5) is 27.8. The van der Waals surface area contributed by atoms with Gasteiger partial charge in [0.25, 0.3) is 0 Å². The largest absolute Gasteiger partial charge is 0.345 e. The summed E-state index contributed by atoms with van der Waals surface area (Å²) in [6.07, 6.45) is 2.46. The third kappa shape index (κ3) is 3.12. The lowest BCUT2D eigenvalue weighted by molar-refractivity contribution is -0.136. The van der Waals surface area contributed by atoms with Crippen LogP contribution in [-0.4, -0.2) is 22.8 Å². The van der Waals surface area contributed by atoms with Crippen LogP contribution in [0.2, 0.25) is 0 Å². The summed E-state index contributed by atoms with van der Waals surface area (Å²) >= 11 is 0. The molecule has 0 aliphatic heterocycles. The standard InChI is InChI=1S/C15H17N3O2/c1-3-10(2)17-14(19)15(20)18-13-8-4-7-12-11(13)6-5-9-16-12/h4-10H,3H2,1-2H3,(H,17,19)(H,18,20). The first-order chi connectivity index (χ1) is 9.61. The van der Waals surface area contributed by atoms with Crippen LogP contribution >= 0.6 is 0 Å². The molecule has 5 nitrogen and oxygen atoms in total. The second-order valence-electron chi connectivity index (χ2n) is 4.61. The smallest absolute Gasteiger partial charge is 0.313 e. The molecule has 104 valence electrons. The number of pyridine rings is 1. The van der Waals surface area contributed by atoms with Crippen LogP contribution in [-0.2, 0) is 9.59 Å². The van der Waals surface area contributed by atoms with E-state index in [2.05, 4.69) is 15.6 Å². The first-order valence-electron chi connectivity index (χ1n) is 6.57. The van der Waals surface area contributed by atoms with Gasteiger partial charge in [-0.3, -0.25) is 14.6 Å². The van der Waals surface area contributed by atoms with Crippen molar-refractivity contribution in [2.24, 2.45) is 0 Å². The predicted octanol–water partition coefficient (Wildman–Crippen LogP) is 2.09. The van der Waals surface area contributed by atoms with Crippen LogP contribution in [0.1, 0.15) is 20.3 Å². The average Bonchev–Trinajstić information content (AvgIpc) is 2.47. The molecule has 2 rings (SSSR count). The molecule has 1 aromatic carbocycles. The van der Waals surface area contributed by atoms with Crippen molar-refractivity contribution in [1.29, 1.82) is 0 Å². The van der Waals surface area contributed by atoms with Gasteiger partial charge in [0.2, 0.25) is 0 Å². The van der Waals surface area contributed by atoms with Crippen LogP contribution in [0, 0.1) is 0 Å². The number of amides is 2. The summed E-state index contributed by atoms with van der Waals surface area (Å²) in [5.74, 6) is -1.29. The van der Waals surface area contributed by atoms with Crippen molar-refractivity contribution in [2.45, 2.75) is 26.3 Å². The maximum atomic E-state index is 11.9. The van der Waals surface area contributed by atoms with Crippen molar-refractivity contribution < 1.29 is 9.59 Å². The lowest BCUT2D eigenvalue weighted by Gasteiger charge is -2.12. The lowest BCUT2D eigenvalue weighted by atomic mass is 10.2. The van der Waals surface area contributed by atoms with Crippen molar-refractivity contribution in [3.8, 4) is 0 Å². The number of rotatable bonds is 3. The van der Waals surface area contributed by atoms with E-state index >= 15 is 0 Å². The van der Waals surface area contributed by atoms with E-state index in [-0.39, 0.29) is 6.04 Å². The van der Waals surface area contributed by atoms with Crippen molar-refractivity contribution in [1.82, 2.24) is 10.3 Å². The Hall–Kier alpha value is -2.43. The Bertz CT molecular complexity index is 635. The molecule has 0 saturated carbocycles. The highest BCUT2D eigenvalue weighted by Crippen LogP contribution is 2.20. The number of nitrogens with one attached hydrogen (secondary N) is 2. The number of carbonyl (C=O) groups excluding carboxylic acids is 2. The Morgan fingerprint density at radius 3 is 2.75 bits per heavy atom. The number of fused-ring (bicyclic) bond motifs is 1. The van der Waals surface area contributed by atoms with Gasteiger partial charge >= 0.3 is 11.8 Å². The van der Waals surface area contributed by atoms with Gasteiger partial charge in [-0.2, -0.15) is 0 Å². The fraction of sp³-hybridized carbons (Fsp3) is 0.267. The van der Waals surface area contributed by atoms with E-state index in [1.165, 1.54) is 0 Å². The summed E-state index contributed by atoms with van der Waals surface area (Å²) in [6, 6.07) is 9.00. The fourth-order valence-corrected chi connectivity index (χ4v) is 1.78. The Labute approximate surface area is 117 Å². The predicted molar refractivity (Wildman–Crippen MR) is 78.3 cm³/mol. The molecule has 2 amide bonds. The van der Waals surface area contributed by atoms with Gasteiger partial charge in [-0.05, 0) is 37.6 Å². The maximum Gasteiger partial charge on any atom is 0.313 e. The number of hydrogen-bond acceptors (Lipinski definition) is 3. The highest BCUT2D eigenvalue weighted by Gasteiger charge is 2.16. The molecule has 0 saturated heterocycles. The number of hydrogen-bond donors (Lipinski definition) is 2. The van der Waals surface area contributed by atoms with Crippen LogP contribution in [0.15, 0.2) is 36.5 Å². The van der Waals surface area contributed by atoms with E-state index in [1.54, 1.807) is 24.4 Å². The zero-order valence-electron chi connectivity index (χ0n) is 11.5. The third-order valence-corrected chi connectivity index (χ3v) is 3.09. The maximum absolute atomic E-state index is 11.9. The highest BCUT2D eigenvalue weighted by molar-refractivity contribution is 6.40. The molecule has 1 heterocycles. The lowest BCUT2D eigenvalue weighted by Crippen LogP contribution is -2.40. The van der Waals surface area contributed by atoms with E-state index in [0.717, 1.165) is 17.3 Å². The number of aromatic nitrogens is 1. The summed E-state index contributed by atoms with van der Waals surface area (Å²) < 4.78 is 0. The van der Waals surface area contributed by atoms with E-state index in [9.17, 15) is 9.59 Å². The van der Waals surface area contributed by atoms with Gasteiger partial charge in [-0.25, -0.2) is 0 Å². The monoisotopic (exact) mass is 271 g/mol. The molecule has 5 heteroatoms. The molecular weight excluding hydrogens is 254 g/mol. The molecule has 0 fully saturated rings. The molecular formula is C15H17N3O2. The van der Waals surface area contributed by atoms with Gasteiger partial charge in [0.05, 0.1) is 11.2 Å². The number of benzene rings is 1. The van der Waals surface area contributed by atoms with Crippen LogP contribution in [0.3, 0.4) is 0 Å². The molecule has 20 heavy (non-hydrogen) atoms. The number of anilines is 1. The summed E-state index contributed by atoms with van der Waals surface area (Å²) in [7, 11) is 0. The molecule has 1 atom stereocenters. The Morgan fingerprint density at radius 2 is 2.00 bits per heavy atom. The van der Waals surface area contributed by atoms with E-state index in [4.69, 9.17) is 0 Å². The molecule has 0 radical (unpaired) electrons. The highest BCUT2D eigenvalue weighted by atomic mass is 16.2. The molecule has 2 N–H and O–H groups in total. The zero-order chi connectivity index (χ0) is 14.5. The van der Waals surface area contributed by atoms with E-state index in [0.29, 0.717) is 5.69 Å². The van der Waals surface area contributed by atoms with Crippen LogP contribution in [0.4, 0.5) is 5.69 Å². The number of nitrogens with zero attached hydrogens (tertiary/aromatic N) is 1. The van der Waals surface area contributed by atoms with Crippen molar-refractivity contribution in [3.05, 3.63) is 36.5 Å². The minimum absolute atomic E-state index is 0.0255. The van der Waals surface area contributed by atoms with Gasteiger partial charge < -0.3 is 10.6 Å². The first-order valence-corrected chi connectivity index (χ1v) is 6.57. The zero-order valence-corrected chi connectivity index (χ0v) is 11.5. The van der Waals surface area contributed by atoms with Gasteiger partial charge in [0.15, 0.2) is 0 Å². The van der Waals surface area contributed by atoms with Crippen molar-refractivity contribution in [2.75, 3.05) is 5.32 Å². The molecule has 0 aliphatic rings. The fourth-order valence-electron chi connectivity index (χ4n) is 1.78. The van der Waals surface area contributed by atoms with Crippen LogP contribution < -0.4 is 10.6 Å². The van der Waals surface area contributed by atoms with E-state index < -0.39 is 11.8 Å². The van der Waals surface area contributed by atoms with Gasteiger partial charge in [0.1, 0.15) is 0 Å². The number of carbonyl (C=O) groups is 2. The van der Waals surface area contributed by atoms with Gasteiger partial charge in [-0.1, -0.05) is 13.0 Å². The normalized spacial score (nSPS) is 11.9. The molecule has 2 aromatic rings. The van der Waals surface area contributed by atoms with Crippen molar-refractivity contribution in [3.63, 3.8) is 0 Å². The first kappa shape index (κ1) is 14.0. The average molecular weight is 271 g/mol. The second kappa shape index (κ2) is 6.14. The Balaban J connectivity index is 2.16. The second-order valence-corrected chi connectivity index (χ2v) is 4.61. The van der Waals surface area contributed by atoms with Gasteiger partial charge in [-0.15, -0.1) is 0 Å². The Kier molecular flexibility index (Phi) is 4.30. The molecule has 0 spiro atoms. The summed E-state index contributed by atoms with van der Waals surface area (Å²) in [5.41, 5.74) is 1.35. The van der Waals surface area contributed by atoms with E-state index in [1.807, 2.05) is 26.0 Å². The summed E-state index contributed by atoms with van der Waals surface area (Å²) in [6.45, 7) is 3.80. The van der Waals surface area contributed by atoms with Crippen LogP contribution in [0.25, 0.3) is 10.9 Å². The Morgan fingerprint density at radius 1 is 1.20 bits per heavy atom. The molecule has 1 aromatic heterocycles. The minimum atomic E-state index is -0.665. The quantitative estimate of drug-likeness (QED) is 0.840. The summed E-state index contributed by atoms with van der Waals surface area (Å²) in [5, 5.41) is 6.06. The molecule has 1 unspecified atom stereocenters. The van der Waals surface area contributed by atoms with Crippen molar-refractivity contribution >= 4 is 28.4 Å². The van der Waals surface area contributed by atoms with Crippen LogP contribution in [0.5, 0.6) is 0 Å². The topological polar surface area (TPSA) is 71.1 Å². The third-order valence-electron chi connectivity index (χ3n) is 3.09. The minimum Gasteiger partial charge on any atom is -0.345 e. The molecule has 0 bridgehead atoms. The SMILES string of the molecule is CCC(C)NC(=O)C(=O)Nc1cccc2ncccc12. The molecule has 0 aliphatic carbocycles.